The van der Waals surface area contributed by atoms with Gasteiger partial charge in [-0.3, -0.25) is 9.97 Å². The number of hydrogen-bond donors (Lipinski definition) is 1. The van der Waals surface area contributed by atoms with Crippen LogP contribution < -0.4 is 0 Å². The molecule has 0 aliphatic carbocycles. The van der Waals surface area contributed by atoms with Gasteiger partial charge in [-0.15, -0.1) is 0 Å². The zero-order chi connectivity index (χ0) is 13.9. The van der Waals surface area contributed by atoms with E-state index in [4.69, 9.17) is 11.6 Å². The normalized spacial score (nSPS) is 14.4. The Kier molecular flexibility index (Phi) is 4.17. The first-order valence-electron chi connectivity index (χ1n) is 6.27. The summed E-state index contributed by atoms with van der Waals surface area (Å²) in [6.07, 6.45) is 5.38. The molecule has 0 radical (unpaired) electrons. The minimum absolute atomic E-state index is 0.322. The summed E-state index contributed by atoms with van der Waals surface area (Å²) in [5.74, 6) is 0.322. The van der Waals surface area contributed by atoms with Crippen molar-refractivity contribution >= 4 is 11.6 Å². The molecule has 0 saturated heterocycles. The van der Waals surface area contributed by atoms with Crippen LogP contribution >= 0.6 is 11.6 Å². The second-order valence-corrected chi connectivity index (χ2v) is 5.49. The van der Waals surface area contributed by atoms with E-state index >= 15 is 0 Å². The molecular weight excluding hydrogens is 260 g/mol. The molecule has 0 bridgehead atoms. The highest BCUT2D eigenvalue weighted by Gasteiger charge is 2.34. The molecule has 3 nitrogen and oxygen atoms in total. The van der Waals surface area contributed by atoms with Crippen LogP contribution in [0.4, 0.5) is 0 Å². The fourth-order valence-electron chi connectivity index (χ4n) is 2.20. The Morgan fingerprint density at radius 1 is 1.21 bits per heavy atom. The molecule has 0 spiro atoms. The van der Waals surface area contributed by atoms with Gasteiger partial charge in [0.25, 0.3) is 0 Å². The number of rotatable bonds is 4. The smallest absolute Gasteiger partial charge is 0.133 e. The Hall–Kier alpha value is -1.45. The predicted molar refractivity (Wildman–Crippen MR) is 75.9 cm³/mol. The summed E-state index contributed by atoms with van der Waals surface area (Å²) in [5.41, 5.74) is 0.213. The van der Waals surface area contributed by atoms with Crippen molar-refractivity contribution < 1.29 is 5.11 Å². The van der Waals surface area contributed by atoms with Crippen molar-refractivity contribution in [2.45, 2.75) is 25.9 Å². The number of benzene rings is 1. The van der Waals surface area contributed by atoms with Gasteiger partial charge in [0.1, 0.15) is 5.60 Å². The van der Waals surface area contributed by atoms with Gasteiger partial charge >= 0.3 is 0 Å². The molecule has 2 aromatic rings. The minimum atomic E-state index is -1.13. The van der Waals surface area contributed by atoms with E-state index in [1.807, 2.05) is 12.1 Å². The predicted octanol–water partition coefficient (Wildman–Crippen LogP) is 3.41. The van der Waals surface area contributed by atoms with E-state index < -0.39 is 5.60 Å². The van der Waals surface area contributed by atoms with E-state index in [0.29, 0.717) is 23.1 Å². The standard InChI is InChI=1S/C15H17ClN2O/c1-11(2)9-15(19,14-10-17-7-8-18-14)12-3-5-13(16)6-4-12/h3-8,10-11,19H,9H2,1-2H3. The van der Waals surface area contributed by atoms with Crippen LogP contribution in [0, 0.1) is 5.92 Å². The maximum absolute atomic E-state index is 11.1. The van der Waals surface area contributed by atoms with Gasteiger partial charge in [-0.25, -0.2) is 0 Å². The van der Waals surface area contributed by atoms with E-state index in [2.05, 4.69) is 23.8 Å². The number of aliphatic hydroxyl groups is 1. The Morgan fingerprint density at radius 2 is 1.89 bits per heavy atom. The van der Waals surface area contributed by atoms with Gasteiger partial charge in [0.15, 0.2) is 0 Å². The second-order valence-electron chi connectivity index (χ2n) is 5.06. The average Bonchev–Trinajstić information content (AvgIpc) is 2.39. The highest BCUT2D eigenvalue weighted by molar-refractivity contribution is 6.30. The highest BCUT2D eigenvalue weighted by atomic mass is 35.5. The Labute approximate surface area is 118 Å². The Balaban J connectivity index is 2.48. The van der Waals surface area contributed by atoms with Crippen molar-refractivity contribution in [1.29, 1.82) is 0 Å². The molecule has 1 unspecified atom stereocenters. The van der Waals surface area contributed by atoms with Crippen LogP contribution in [0.25, 0.3) is 0 Å². The van der Waals surface area contributed by atoms with Crippen LogP contribution in [0.2, 0.25) is 5.02 Å². The fraction of sp³-hybridized carbons (Fsp3) is 0.333. The number of aromatic nitrogens is 2. The first-order valence-corrected chi connectivity index (χ1v) is 6.65. The van der Waals surface area contributed by atoms with E-state index in [9.17, 15) is 5.11 Å². The lowest BCUT2D eigenvalue weighted by Crippen LogP contribution is -2.30. The fourth-order valence-corrected chi connectivity index (χ4v) is 2.33. The highest BCUT2D eigenvalue weighted by Crippen LogP contribution is 2.34. The van der Waals surface area contributed by atoms with Gasteiger partial charge in [0.2, 0.25) is 0 Å². The van der Waals surface area contributed by atoms with E-state index in [1.165, 1.54) is 0 Å². The molecule has 1 aromatic carbocycles. The molecule has 100 valence electrons. The van der Waals surface area contributed by atoms with Gasteiger partial charge in [-0.2, -0.15) is 0 Å². The van der Waals surface area contributed by atoms with E-state index in [0.717, 1.165) is 5.56 Å². The van der Waals surface area contributed by atoms with Crippen molar-refractivity contribution in [2.75, 3.05) is 0 Å². The van der Waals surface area contributed by atoms with Crippen LogP contribution in [0.3, 0.4) is 0 Å². The first-order chi connectivity index (χ1) is 9.02. The lowest BCUT2D eigenvalue weighted by molar-refractivity contribution is 0.0527. The van der Waals surface area contributed by atoms with Gasteiger partial charge in [0.05, 0.1) is 11.9 Å². The molecule has 2 rings (SSSR count). The zero-order valence-electron chi connectivity index (χ0n) is 11.0. The summed E-state index contributed by atoms with van der Waals surface area (Å²) in [7, 11) is 0. The van der Waals surface area contributed by atoms with Gasteiger partial charge in [0, 0.05) is 17.4 Å². The molecule has 0 saturated carbocycles. The van der Waals surface area contributed by atoms with Crippen LogP contribution in [0.1, 0.15) is 31.5 Å². The lowest BCUT2D eigenvalue weighted by atomic mass is 9.83. The van der Waals surface area contributed by atoms with Crippen LogP contribution in [-0.4, -0.2) is 15.1 Å². The minimum Gasteiger partial charge on any atom is -0.379 e. The molecule has 1 atom stereocenters. The molecule has 1 N–H and O–H groups in total. The summed E-state index contributed by atoms with van der Waals surface area (Å²) in [6.45, 7) is 4.13. The molecule has 0 aliphatic rings. The van der Waals surface area contributed by atoms with Crippen molar-refractivity contribution in [1.82, 2.24) is 9.97 Å². The second kappa shape index (κ2) is 5.68. The first kappa shape index (κ1) is 14.0. The van der Waals surface area contributed by atoms with Crippen molar-refractivity contribution in [2.24, 2.45) is 5.92 Å². The van der Waals surface area contributed by atoms with Crippen LogP contribution in [0.5, 0.6) is 0 Å². The van der Waals surface area contributed by atoms with Gasteiger partial charge in [-0.1, -0.05) is 37.6 Å². The Bertz CT molecular complexity index is 528. The largest absolute Gasteiger partial charge is 0.379 e. The molecule has 19 heavy (non-hydrogen) atoms. The topological polar surface area (TPSA) is 46.0 Å². The molecular formula is C15H17ClN2O. The van der Waals surface area contributed by atoms with E-state index in [1.54, 1.807) is 30.7 Å². The maximum atomic E-state index is 11.1. The van der Waals surface area contributed by atoms with Crippen LogP contribution in [-0.2, 0) is 5.60 Å². The maximum Gasteiger partial charge on any atom is 0.133 e. The molecule has 0 amide bonds. The summed E-state index contributed by atoms with van der Waals surface area (Å²) >= 11 is 5.90. The summed E-state index contributed by atoms with van der Waals surface area (Å²) < 4.78 is 0. The molecule has 1 heterocycles. The molecule has 0 fully saturated rings. The quantitative estimate of drug-likeness (QED) is 0.931. The summed E-state index contributed by atoms with van der Waals surface area (Å²) in [4.78, 5) is 8.31. The molecule has 1 aromatic heterocycles. The SMILES string of the molecule is CC(C)CC(O)(c1ccc(Cl)cc1)c1cnccn1. The number of nitrogens with zero attached hydrogens (tertiary/aromatic N) is 2. The summed E-state index contributed by atoms with van der Waals surface area (Å²) in [5, 5.41) is 11.7. The van der Waals surface area contributed by atoms with Crippen molar-refractivity contribution in [3.05, 3.63) is 59.1 Å². The monoisotopic (exact) mass is 276 g/mol. The molecule has 4 heteroatoms. The number of hydrogen-bond acceptors (Lipinski definition) is 3. The zero-order valence-corrected chi connectivity index (χ0v) is 11.8. The molecule has 0 aliphatic heterocycles. The third-order valence-corrected chi connectivity index (χ3v) is 3.26. The van der Waals surface area contributed by atoms with Gasteiger partial charge < -0.3 is 5.11 Å². The van der Waals surface area contributed by atoms with Crippen molar-refractivity contribution in [3.63, 3.8) is 0 Å². The Morgan fingerprint density at radius 3 is 2.42 bits per heavy atom. The van der Waals surface area contributed by atoms with Gasteiger partial charge in [-0.05, 0) is 30.0 Å². The van der Waals surface area contributed by atoms with Crippen molar-refractivity contribution in [3.8, 4) is 0 Å². The van der Waals surface area contributed by atoms with E-state index in [-0.39, 0.29) is 0 Å². The average molecular weight is 277 g/mol. The lowest BCUT2D eigenvalue weighted by Gasteiger charge is -2.29. The third kappa shape index (κ3) is 3.11. The number of halogens is 1. The van der Waals surface area contributed by atoms with Crippen LogP contribution in [0.15, 0.2) is 42.9 Å². The summed E-state index contributed by atoms with van der Waals surface area (Å²) in [6, 6.07) is 7.22. The third-order valence-electron chi connectivity index (χ3n) is 3.01.